The van der Waals surface area contributed by atoms with Crippen LogP contribution in [0.3, 0.4) is 0 Å². The molecule has 0 amide bonds. The summed E-state index contributed by atoms with van der Waals surface area (Å²) >= 11 is 0. The Bertz CT molecular complexity index is 839. The van der Waals surface area contributed by atoms with E-state index in [2.05, 4.69) is 4.98 Å². The molecule has 0 radical (unpaired) electrons. The first-order chi connectivity index (χ1) is 11.2. The lowest BCUT2D eigenvalue weighted by atomic mass is 10.1. The lowest BCUT2D eigenvalue weighted by molar-refractivity contribution is 0.112. The second-order valence-corrected chi connectivity index (χ2v) is 4.85. The van der Waals surface area contributed by atoms with E-state index in [0.717, 1.165) is 17.4 Å². The predicted octanol–water partition coefficient (Wildman–Crippen LogP) is 3.84. The third kappa shape index (κ3) is 2.94. The average molecular weight is 309 g/mol. The van der Waals surface area contributed by atoms with Gasteiger partial charge in [-0.1, -0.05) is 12.1 Å². The summed E-state index contributed by atoms with van der Waals surface area (Å²) in [7, 11) is 3.19. The highest BCUT2D eigenvalue weighted by Gasteiger charge is 2.13. The fourth-order valence-corrected chi connectivity index (χ4v) is 2.29. The highest BCUT2D eigenvalue weighted by Crippen LogP contribution is 2.34. The molecule has 23 heavy (non-hydrogen) atoms. The molecule has 3 aromatic rings. The quantitative estimate of drug-likeness (QED) is 0.670. The van der Waals surface area contributed by atoms with Crippen LogP contribution < -0.4 is 9.47 Å². The average Bonchev–Trinajstić information content (AvgIpc) is 3.11. The van der Waals surface area contributed by atoms with E-state index in [0.29, 0.717) is 28.6 Å². The van der Waals surface area contributed by atoms with E-state index in [1.807, 2.05) is 18.2 Å². The Kier molecular flexibility index (Phi) is 4.10. The Morgan fingerprint density at radius 1 is 1.09 bits per heavy atom. The SMILES string of the molecule is COc1ccc(-c2coc(-c3cccc(C=O)c3)n2)c(OC)c1. The van der Waals surface area contributed by atoms with Crippen LogP contribution in [0.25, 0.3) is 22.7 Å². The number of oxazole rings is 1. The van der Waals surface area contributed by atoms with Crippen molar-refractivity contribution in [3.63, 3.8) is 0 Å². The molecule has 0 N–H and O–H groups in total. The molecule has 5 nitrogen and oxygen atoms in total. The summed E-state index contributed by atoms with van der Waals surface area (Å²) in [4.78, 5) is 15.4. The molecule has 2 aromatic carbocycles. The zero-order valence-electron chi connectivity index (χ0n) is 12.8. The molecule has 0 unspecified atom stereocenters. The van der Waals surface area contributed by atoms with Crippen LogP contribution in [0, 0.1) is 0 Å². The van der Waals surface area contributed by atoms with Gasteiger partial charge >= 0.3 is 0 Å². The first kappa shape index (κ1) is 14.8. The maximum absolute atomic E-state index is 10.9. The van der Waals surface area contributed by atoms with Gasteiger partial charge < -0.3 is 13.9 Å². The normalized spacial score (nSPS) is 10.3. The number of carbonyl (C=O) groups is 1. The van der Waals surface area contributed by atoms with E-state index >= 15 is 0 Å². The number of rotatable bonds is 5. The molecule has 0 spiro atoms. The molecule has 3 rings (SSSR count). The van der Waals surface area contributed by atoms with Crippen LogP contribution >= 0.6 is 0 Å². The number of hydrogen-bond donors (Lipinski definition) is 0. The van der Waals surface area contributed by atoms with Crippen LogP contribution in [0.15, 0.2) is 53.1 Å². The Labute approximate surface area is 133 Å². The van der Waals surface area contributed by atoms with Gasteiger partial charge in [-0.25, -0.2) is 4.98 Å². The van der Waals surface area contributed by atoms with Gasteiger partial charge in [0.15, 0.2) is 0 Å². The second-order valence-electron chi connectivity index (χ2n) is 4.85. The molecule has 1 aromatic heterocycles. The van der Waals surface area contributed by atoms with Crippen LogP contribution in [0.5, 0.6) is 11.5 Å². The number of carbonyl (C=O) groups excluding carboxylic acids is 1. The van der Waals surface area contributed by atoms with E-state index in [9.17, 15) is 4.79 Å². The van der Waals surface area contributed by atoms with Gasteiger partial charge in [0.05, 0.1) is 14.2 Å². The summed E-state index contributed by atoms with van der Waals surface area (Å²) < 4.78 is 16.1. The number of aromatic nitrogens is 1. The zero-order chi connectivity index (χ0) is 16.2. The van der Waals surface area contributed by atoms with Crippen molar-refractivity contribution in [1.82, 2.24) is 4.98 Å². The standard InChI is InChI=1S/C18H15NO4/c1-21-14-6-7-15(17(9-14)22-2)16-11-23-18(19-16)13-5-3-4-12(8-13)10-20/h3-11H,1-2H3. The number of hydrogen-bond acceptors (Lipinski definition) is 5. The Hall–Kier alpha value is -3.08. The second kappa shape index (κ2) is 6.36. The summed E-state index contributed by atoms with van der Waals surface area (Å²) in [6, 6.07) is 12.6. The van der Waals surface area contributed by atoms with Gasteiger partial charge in [-0.05, 0) is 24.3 Å². The first-order valence-corrected chi connectivity index (χ1v) is 6.98. The molecule has 1 heterocycles. The molecule has 0 bridgehead atoms. The van der Waals surface area contributed by atoms with Gasteiger partial charge in [0.2, 0.25) is 5.89 Å². The molecular weight excluding hydrogens is 294 g/mol. The molecule has 0 aliphatic carbocycles. The van der Waals surface area contributed by atoms with Gasteiger partial charge in [-0.15, -0.1) is 0 Å². The number of nitrogens with zero attached hydrogens (tertiary/aromatic N) is 1. The molecule has 116 valence electrons. The highest BCUT2D eigenvalue weighted by molar-refractivity contribution is 5.78. The number of aldehydes is 1. The smallest absolute Gasteiger partial charge is 0.226 e. The molecular formula is C18H15NO4. The zero-order valence-corrected chi connectivity index (χ0v) is 12.8. The molecule has 0 fully saturated rings. The number of benzene rings is 2. The summed E-state index contributed by atoms with van der Waals surface area (Å²) in [5.41, 5.74) is 2.77. The van der Waals surface area contributed by atoms with E-state index in [-0.39, 0.29) is 0 Å². The van der Waals surface area contributed by atoms with Crippen molar-refractivity contribution in [2.75, 3.05) is 14.2 Å². The molecule has 5 heteroatoms. The van der Waals surface area contributed by atoms with Crippen LogP contribution in [0.1, 0.15) is 10.4 Å². The summed E-state index contributed by atoms with van der Waals surface area (Å²) in [5.74, 6) is 1.79. The molecule has 0 saturated carbocycles. The maximum Gasteiger partial charge on any atom is 0.226 e. The maximum atomic E-state index is 10.9. The lowest BCUT2D eigenvalue weighted by Crippen LogP contribution is -1.90. The van der Waals surface area contributed by atoms with Crippen LogP contribution in [-0.4, -0.2) is 25.5 Å². The minimum Gasteiger partial charge on any atom is -0.497 e. The summed E-state index contributed by atoms with van der Waals surface area (Å²) in [5, 5.41) is 0. The van der Waals surface area contributed by atoms with E-state index < -0.39 is 0 Å². The first-order valence-electron chi connectivity index (χ1n) is 6.98. The van der Waals surface area contributed by atoms with Crippen LogP contribution in [0.4, 0.5) is 0 Å². The topological polar surface area (TPSA) is 61.6 Å². The summed E-state index contributed by atoms with van der Waals surface area (Å²) in [6.07, 6.45) is 2.35. The van der Waals surface area contributed by atoms with Crippen molar-refractivity contribution in [2.45, 2.75) is 0 Å². The van der Waals surface area contributed by atoms with Gasteiger partial charge in [-0.2, -0.15) is 0 Å². The number of ether oxygens (including phenoxy) is 2. The van der Waals surface area contributed by atoms with Gasteiger partial charge in [-0.3, -0.25) is 4.79 Å². The third-order valence-corrected chi connectivity index (χ3v) is 3.46. The molecule has 0 aliphatic heterocycles. The van der Waals surface area contributed by atoms with Crippen LogP contribution in [0.2, 0.25) is 0 Å². The van der Waals surface area contributed by atoms with Crippen molar-refractivity contribution in [2.24, 2.45) is 0 Å². The van der Waals surface area contributed by atoms with Gasteiger partial charge in [0.1, 0.15) is 29.7 Å². The van der Waals surface area contributed by atoms with Crippen molar-refractivity contribution >= 4 is 6.29 Å². The van der Waals surface area contributed by atoms with Crippen molar-refractivity contribution < 1.29 is 18.7 Å². The molecule has 0 saturated heterocycles. The monoisotopic (exact) mass is 309 g/mol. The van der Waals surface area contributed by atoms with Crippen molar-refractivity contribution in [3.05, 3.63) is 54.3 Å². The Balaban J connectivity index is 2.00. The van der Waals surface area contributed by atoms with Gasteiger partial charge in [0.25, 0.3) is 0 Å². The fraction of sp³-hybridized carbons (Fsp3) is 0.111. The van der Waals surface area contributed by atoms with E-state index in [1.165, 1.54) is 0 Å². The van der Waals surface area contributed by atoms with Crippen molar-refractivity contribution in [1.29, 1.82) is 0 Å². The fourth-order valence-electron chi connectivity index (χ4n) is 2.29. The summed E-state index contributed by atoms with van der Waals surface area (Å²) in [6.45, 7) is 0. The Morgan fingerprint density at radius 2 is 1.96 bits per heavy atom. The van der Waals surface area contributed by atoms with Gasteiger partial charge in [0, 0.05) is 22.8 Å². The Morgan fingerprint density at radius 3 is 2.70 bits per heavy atom. The minimum atomic E-state index is 0.446. The van der Waals surface area contributed by atoms with E-state index in [4.69, 9.17) is 13.9 Å². The minimum absolute atomic E-state index is 0.446. The van der Waals surface area contributed by atoms with E-state index in [1.54, 1.807) is 44.7 Å². The predicted molar refractivity (Wildman–Crippen MR) is 85.9 cm³/mol. The molecule has 0 atom stereocenters. The highest BCUT2D eigenvalue weighted by atomic mass is 16.5. The molecule has 0 aliphatic rings. The lowest BCUT2D eigenvalue weighted by Gasteiger charge is -2.07. The number of methoxy groups -OCH3 is 2. The van der Waals surface area contributed by atoms with Crippen LogP contribution in [-0.2, 0) is 0 Å². The third-order valence-electron chi connectivity index (χ3n) is 3.46. The van der Waals surface area contributed by atoms with Crippen molar-refractivity contribution in [3.8, 4) is 34.2 Å². The largest absolute Gasteiger partial charge is 0.497 e.